The van der Waals surface area contributed by atoms with Crippen LogP contribution in [0.2, 0.25) is 0 Å². The van der Waals surface area contributed by atoms with Gasteiger partial charge in [0.25, 0.3) is 0 Å². The standard InChI is InChI=1S/C15H17N3O3/c19-15(20)12-8-14-13(9-17-12)16-6-7-18(14)21-10-11-4-2-1-3-5-11/h1-7,12,16-17H,8-10H2,(H,19,20). The predicted molar refractivity (Wildman–Crippen MR) is 76.4 cm³/mol. The Morgan fingerprint density at radius 2 is 2.19 bits per heavy atom. The molecule has 1 aromatic carbocycles. The molecule has 0 saturated carbocycles. The number of carboxylic acid groups (broad SMARTS) is 1. The van der Waals surface area contributed by atoms with Crippen molar-refractivity contribution in [2.75, 3.05) is 6.54 Å². The Labute approximate surface area is 122 Å². The van der Waals surface area contributed by atoms with Gasteiger partial charge in [-0.3, -0.25) is 14.9 Å². The van der Waals surface area contributed by atoms with E-state index in [4.69, 9.17) is 9.94 Å². The van der Waals surface area contributed by atoms with Gasteiger partial charge in [-0.1, -0.05) is 30.3 Å². The number of aliphatic carboxylic acids is 1. The minimum Gasteiger partial charge on any atom is -0.480 e. The molecule has 0 radical (unpaired) electrons. The highest BCUT2D eigenvalue weighted by molar-refractivity contribution is 5.74. The van der Waals surface area contributed by atoms with E-state index in [1.165, 1.54) is 0 Å². The van der Waals surface area contributed by atoms with Crippen LogP contribution >= 0.6 is 0 Å². The summed E-state index contributed by atoms with van der Waals surface area (Å²) >= 11 is 0. The molecule has 0 amide bonds. The van der Waals surface area contributed by atoms with E-state index in [9.17, 15) is 4.79 Å². The van der Waals surface area contributed by atoms with Crippen molar-refractivity contribution < 1.29 is 14.7 Å². The Bertz CT molecular complexity index is 583. The summed E-state index contributed by atoms with van der Waals surface area (Å²) in [5, 5.41) is 16.9. The van der Waals surface area contributed by atoms with Gasteiger partial charge in [-0.2, -0.15) is 0 Å². The van der Waals surface area contributed by atoms with Gasteiger partial charge in [0, 0.05) is 25.4 Å². The molecule has 2 heterocycles. The van der Waals surface area contributed by atoms with E-state index < -0.39 is 12.0 Å². The first kappa shape index (κ1) is 13.7. The van der Waals surface area contributed by atoms with Gasteiger partial charge < -0.3 is 10.4 Å². The molecule has 3 rings (SSSR count). The van der Waals surface area contributed by atoms with Gasteiger partial charge in [0.05, 0.1) is 11.4 Å². The Hall–Kier alpha value is -2.31. The highest BCUT2D eigenvalue weighted by Gasteiger charge is 2.29. The highest BCUT2D eigenvalue weighted by atomic mass is 16.7. The zero-order chi connectivity index (χ0) is 14.7. The maximum Gasteiger partial charge on any atom is 0.321 e. The summed E-state index contributed by atoms with van der Waals surface area (Å²) in [5.74, 6) is -0.848. The SMILES string of the molecule is O=C(O)C1CC2=C(CN1)NC=CN2OCc1ccccc1. The number of carboxylic acids is 1. The summed E-state index contributed by atoms with van der Waals surface area (Å²) in [7, 11) is 0. The second-order valence-electron chi connectivity index (χ2n) is 4.95. The molecule has 1 aromatic rings. The Morgan fingerprint density at radius 1 is 1.38 bits per heavy atom. The van der Waals surface area contributed by atoms with E-state index in [0.717, 1.165) is 17.0 Å². The van der Waals surface area contributed by atoms with Crippen LogP contribution in [0.4, 0.5) is 0 Å². The summed E-state index contributed by atoms with van der Waals surface area (Å²) in [6, 6.07) is 9.27. The van der Waals surface area contributed by atoms with Gasteiger partial charge in [-0.15, -0.1) is 0 Å². The van der Waals surface area contributed by atoms with E-state index >= 15 is 0 Å². The molecule has 0 aromatic heterocycles. The number of hydroxylamine groups is 2. The summed E-state index contributed by atoms with van der Waals surface area (Å²) in [6.45, 7) is 0.926. The molecule has 21 heavy (non-hydrogen) atoms. The monoisotopic (exact) mass is 287 g/mol. The van der Waals surface area contributed by atoms with Crippen LogP contribution in [0.25, 0.3) is 0 Å². The highest BCUT2D eigenvalue weighted by Crippen LogP contribution is 2.23. The van der Waals surface area contributed by atoms with Gasteiger partial charge in [0.2, 0.25) is 0 Å². The maximum atomic E-state index is 11.1. The second-order valence-corrected chi connectivity index (χ2v) is 4.95. The Balaban J connectivity index is 1.69. The van der Waals surface area contributed by atoms with Crippen molar-refractivity contribution in [2.24, 2.45) is 0 Å². The first-order valence-corrected chi connectivity index (χ1v) is 6.81. The van der Waals surface area contributed by atoms with Crippen LogP contribution in [0.15, 0.2) is 54.1 Å². The Morgan fingerprint density at radius 3 is 2.95 bits per heavy atom. The van der Waals surface area contributed by atoms with Crippen molar-refractivity contribution in [1.82, 2.24) is 15.7 Å². The number of hydrogen-bond acceptors (Lipinski definition) is 5. The molecular formula is C15H17N3O3. The van der Waals surface area contributed by atoms with Crippen LogP contribution in [-0.2, 0) is 16.2 Å². The molecule has 0 aliphatic carbocycles. The van der Waals surface area contributed by atoms with E-state index in [1.807, 2.05) is 30.3 Å². The minimum atomic E-state index is -0.848. The van der Waals surface area contributed by atoms with Crippen LogP contribution < -0.4 is 10.6 Å². The fraction of sp³-hybridized carbons (Fsp3) is 0.267. The van der Waals surface area contributed by atoms with Crippen LogP contribution in [0.3, 0.4) is 0 Å². The molecule has 2 aliphatic rings. The molecule has 3 N–H and O–H groups in total. The Kier molecular flexibility index (Phi) is 3.89. The molecule has 6 nitrogen and oxygen atoms in total. The lowest BCUT2D eigenvalue weighted by atomic mass is 10.0. The van der Waals surface area contributed by atoms with Gasteiger partial charge in [0.1, 0.15) is 12.6 Å². The normalized spacial score (nSPS) is 21.0. The summed E-state index contributed by atoms with van der Waals surface area (Å²) in [5.41, 5.74) is 2.87. The molecule has 2 aliphatic heterocycles. The van der Waals surface area contributed by atoms with Crippen molar-refractivity contribution in [3.8, 4) is 0 Å². The molecule has 1 atom stereocenters. The van der Waals surface area contributed by atoms with Crippen LogP contribution in [0.1, 0.15) is 12.0 Å². The van der Waals surface area contributed by atoms with Crippen LogP contribution in [-0.4, -0.2) is 28.7 Å². The smallest absolute Gasteiger partial charge is 0.321 e. The number of nitrogens with zero attached hydrogens (tertiary/aromatic N) is 1. The molecule has 0 bridgehead atoms. The van der Waals surface area contributed by atoms with Gasteiger partial charge in [-0.25, -0.2) is 5.06 Å². The molecule has 110 valence electrons. The number of benzene rings is 1. The number of hydrogen-bond donors (Lipinski definition) is 3. The number of carbonyl (C=O) groups is 1. The largest absolute Gasteiger partial charge is 0.480 e. The molecule has 6 heteroatoms. The lowest BCUT2D eigenvalue weighted by Gasteiger charge is -2.34. The third-order valence-corrected chi connectivity index (χ3v) is 3.52. The first-order chi connectivity index (χ1) is 10.2. The second kappa shape index (κ2) is 5.99. The third kappa shape index (κ3) is 3.07. The zero-order valence-electron chi connectivity index (χ0n) is 11.5. The predicted octanol–water partition coefficient (Wildman–Crippen LogP) is 1.15. The van der Waals surface area contributed by atoms with E-state index in [-0.39, 0.29) is 0 Å². The lowest BCUT2D eigenvalue weighted by molar-refractivity contribution is -0.141. The third-order valence-electron chi connectivity index (χ3n) is 3.52. The zero-order valence-corrected chi connectivity index (χ0v) is 11.5. The van der Waals surface area contributed by atoms with E-state index in [1.54, 1.807) is 17.5 Å². The summed E-state index contributed by atoms with van der Waals surface area (Å²) < 4.78 is 0. The summed E-state index contributed by atoms with van der Waals surface area (Å²) in [4.78, 5) is 16.9. The lowest BCUT2D eigenvalue weighted by Crippen LogP contribution is -2.47. The van der Waals surface area contributed by atoms with Crippen LogP contribution in [0.5, 0.6) is 0 Å². The quantitative estimate of drug-likeness (QED) is 0.771. The summed E-state index contributed by atoms with van der Waals surface area (Å²) in [6.07, 6.45) is 3.94. The average molecular weight is 287 g/mol. The number of rotatable bonds is 4. The fourth-order valence-corrected chi connectivity index (χ4v) is 2.38. The van der Waals surface area contributed by atoms with Crippen molar-refractivity contribution in [3.63, 3.8) is 0 Å². The average Bonchev–Trinajstić information content (AvgIpc) is 2.53. The van der Waals surface area contributed by atoms with Gasteiger partial charge in [0.15, 0.2) is 0 Å². The molecule has 1 unspecified atom stereocenters. The van der Waals surface area contributed by atoms with Crippen molar-refractivity contribution in [1.29, 1.82) is 0 Å². The van der Waals surface area contributed by atoms with Crippen molar-refractivity contribution in [3.05, 3.63) is 59.7 Å². The van der Waals surface area contributed by atoms with Gasteiger partial charge in [-0.05, 0) is 5.56 Å². The molecular weight excluding hydrogens is 270 g/mol. The topological polar surface area (TPSA) is 73.8 Å². The van der Waals surface area contributed by atoms with E-state index in [2.05, 4.69) is 10.6 Å². The van der Waals surface area contributed by atoms with Crippen LogP contribution in [0, 0.1) is 0 Å². The molecule has 0 fully saturated rings. The van der Waals surface area contributed by atoms with Crippen molar-refractivity contribution in [2.45, 2.75) is 19.1 Å². The minimum absolute atomic E-state index is 0.386. The fourth-order valence-electron chi connectivity index (χ4n) is 2.38. The molecule has 0 spiro atoms. The first-order valence-electron chi connectivity index (χ1n) is 6.81. The maximum absolute atomic E-state index is 11.1. The van der Waals surface area contributed by atoms with Gasteiger partial charge >= 0.3 is 5.97 Å². The molecule has 0 saturated heterocycles. The van der Waals surface area contributed by atoms with Crippen molar-refractivity contribution >= 4 is 5.97 Å². The number of nitrogens with one attached hydrogen (secondary N) is 2. The van der Waals surface area contributed by atoms with E-state index in [0.29, 0.717) is 19.6 Å².